The average molecular weight is 196 g/mol. The van der Waals surface area contributed by atoms with Crippen LogP contribution in [-0.2, 0) is 0 Å². The predicted octanol–water partition coefficient (Wildman–Crippen LogP) is 2.67. The maximum atomic E-state index is 9.43. The van der Waals surface area contributed by atoms with Crippen LogP contribution >= 0.6 is 12.4 Å². The minimum Gasteiger partial charge on any atom is -0.506 e. The van der Waals surface area contributed by atoms with Gasteiger partial charge in [0.25, 0.3) is 0 Å². The number of fused-ring (bicyclic) bond motifs is 1. The van der Waals surface area contributed by atoms with Gasteiger partial charge in [0.1, 0.15) is 11.3 Å². The molecule has 0 fully saturated rings. The highest BCUT2D eigenvalue weighted by Gasteiger charge is 2.00. The van der Waals surface area contributed by atoms with Gasteiger partial charge >= 0.3 is 0 Å². The summed E-state index contributed by atoms with van der Waals surface area (Å²) in [7, 11) is 0. The lowest BCUT2D eigenvalue weighted by Gasteiger charge is -2.01. The van der Waals surface area contributed by atoms with Crippen LogP contribution < -0.4 is 0 Å². The van der Waals surface area contributed by atoms with Crippen LogP contribution in [0.3, 0.4) is 0 Å². The summed E-state index contributed by atoms with van der Waals surface area (Å²) in [5, 5.41) is 10.4. The number of hydrogen-bond donors (Lipinski definition) is 1. The first-order chi connectivity index (χ1) is 5.79. The van der Waals surface area contributed by atoms with Gasteiger partial charge < -0.3 is 5.11 Å². The number of phenolic OH excluding ortho intramolecular Hbond substituents is 1. The van der Waals surface area contributed by atoms with Crippen molar-refractivity contribution < 1.29 is 5.11 Å². The van der Waals surface area contributed by atoms with Gasteiger partial charge in [-0.3, -0.25) is 4.98 Å². The number of phenols is 1. The molecule has 68 valence electrons. The summed E-state index contributed by atoms with van der Waals surface area (Å²) in [6, 6.07) is 7.36. The number of halogens is 1. The van der Waals surface area contributed by atoms with Gasteiger partial charge in [-0.1, -0.05) is 12.1 Å². The van der Waals surface area contributed by atoms with Crippen molar-refractivity contribution in [3.05, 3.63) is 36.0 Å². The molecule has 3 heteroatoms. The number of hydrogen-bond acceptors (Lipinski definition) is 2. The monoisotopic (exact) mass is 195 g/mol. The van der Waals surface area contributed by atoms with E-state index in [9.17, 15) is 5.11 Å². The van der Waals surface area contributed by atoms with E-state index >= 15 is 0 Å². The zero-order chi connectivity index (χ0) is 8.55. The number of aromatic hydroxyl groups is 1. The molecular formula is C10H10ClNO. The van der Waals surface area contributed by atoms with Crippen LogP contribution in [0.1, 0.15) is 5.56 Å². The Morgan fingerprint density at radius 2 is 2.00 bits per heavy atom. The number of benzene rings is 1. The Hall–Kier alpha value is -1.28. The van der Waals surface area contributed by atoms with Crippen LogP contribution in [0.4, 0.5) is 0 Å². The highest BCUT2D eigenvalue weighted by molar-refractivity contribution is 5.86. The molecule has 0 aliphatic heterocycles. The second-order valence-corrected chi connectivity index (χ2v) is 2.80. The van der Waals surface area contributed by atoms with Crippen molar-refractivity contribution in [2.75, 3.05) is 0 Å². The van der Waals surface area contributed by atoms with Gasteiger partial charge in [-0.05, 0) is 24.6 Å². The predicted molar refractivity (Wildman–Crippen MR) is 55.4 cm³/mol. The number of para-hydroxylation sites is 1. The highest BCUT2D eigenvalue weighted by Crippen LogP contribution is 2.23. The summed E-state index contributed by atoms with van der Waals surface area (Å²) in [5.74, 6) is 0.246. The van der Waals surface area contributed by atoms with E-state index in [1.807, 2.05) is 25.1 Å². The second-order valence-electron chi connectivity index (χ2n) is 2.80. The van der Waals surface area contributed by atoms with Crippen LogP contribution in [0, 0.1) is 6.92 Å². The van der Waals surface area contributed by atoms with Crippen LogP contribution in [-0.4, -0.2) is 10.1 Å². The molecular weight excluding hydrogens is 186 g/mol. The Kier molecular flexibility index (Phi) is 2.73. The normalized spacial score (nSPS) is 9.62. The van der Waals surface area contributed by atoms with Gasteiger partial charge in [-0.2, -0.15) is 0 Å². The molecule has 0 unspecified atom stereocenters. The van der Waals surface area contributed by atoms with Crippen LogP contribution in [0.2, 0.25) is 0 Å². The van der Waals surface area contributed by atoms with Crippen LogP contribution in [0.5, 0.6) is 5.75 Å². The quantitative estimate of drug-likeness (QED) is 0.701. The summed E-state index contributed by atoms with van der Waals surface area (Å²) in [4.78, 5) is 4.09. The maximum absolute atomic E-state index is 9.43. The Labute approximate surface area is 82.6 Å². The third-order valence-corrected chi connectivity index (χ3v) is 1.97. The molecule has 0 bridgehead atoms. The largest absolute Gasteiger partial charge is 0.506 e. The summed E-state index contributed by atoms with van der Waals surface area (Å²) < 4.78 is 0. The molecule has 2 nitrogen and oxygen atoms in total. The zero-order valence-electron chi connectivity index (χ0n) is 7.19. The summed E-state index contributed by atoms with van der Waals surface area (Å²) in [6.45, 7) is 2.00. The lowest BCUT2D eigenvalue weighted by atomic mass is 10.1. The maximum Gasteiger partial charge on any atom is 0.141 e. The molecule has 1 aromatic heterocycles. The molecule has 0 aliphatic carbocycles. The molecule has 1 N–H and O–H groups in total. The topological polar surface area (TPSA) is 33.1 Å². The van der Waals surface area contributed by atoms with E-state index in [0.29, 0.717) is 5.52 Å². The first-order valence-corrected chi connectivity index (χ1v) is 3.82. The number of pyridine rings is 1. The van der Waals surface area contributed by atoms with E-state index in [1.54, 1.807) is 12.3 Å². The lowest BCUT2D eigenvalue weighted by Crippen LogP contribution is -1.81. The molecule has 0 atom stereocenters. The first-order valence-electron chi connectivity index (χ1n) is 3.82. The lowest BCUT2D eigenvalue weighted by molar-refractivity contribution is 0.480. The molecule has 0 saturated heterocycles. The number of rotatable bonds is 0. The summed E-state index contributed by atoms with van der Waals surface area (Å²) in [5.41, 5.74) is 1.81. The standard InChI is InChI=1S/C10H9NO.ClH/c1-7-5-6-11-10-8(7)3-2-4-9(10)12;/h2-6,12H,1H3;1H. The fourth-order valence-electron chi connectivity index (χ4n) is 1.30. The molecule has 0 amide bonds. The third kappa shape index (κ3) is 1.58. The van der Waals surface area contributed by atoms with E-state index < -0.39 is 0 Å². The summed E-state index contributed by atoms with van der Waals surface area (Å²) >= 11 is 0. The van der Waals surface area contributed by atoms with Gasteiger partial charge in [0.2, 0.25) is 0 Å². The molecule has 2 aromatic rings. The van der Waals surface area contributed by atoms with Gasteiger partial charge in [-0.15, -0.1) is 12.4 Å². The Bertz CT molecular complexity index is 387. The Morgan fingerprint density at radius 3 is 2.69 bits per heavy atom. The molecule has 2 rings (SSSR count). The van der Waals surface area contributed by atoms with Crippen molar-refractivity contribution >= 4 is 23.3 Å². The Morgan fingerprint density at radius 1 is 1.23 bits per heavy atom. The third-order valence-electron chi connectivity index (χ3n) is 1.97. The number of aryl methyl sites for hydroxylation is 1. The van der Waals surface area contributed by atoms with E-state index in [-0.39, 0.29) is 18.2 Å². The van der Waals surface area contributed by atoms with E-state index in [4.69, 9.17) is 0 Å². The highest BCUT2D eigenvalue weighted by atomic mass is 35.5. The van der Waals surface area contributed by atoms with E-state index in [2.05, 4.69) is 4.98 Å². The SMILES string of the molecule is Cc1ccnc2c(O)cccc12.Cl. The van der Waals surface area contributed by atoms with Crippen molar-refractivity contribution in [3.8, 4) is 5.75 Å². The van der Waals surface area contributed by atoms with Gasteiger partial charge in [-0.25, -0.2) is 0 Å². The van der Waals surface area contributed by atoms with E-state index in [0.717, 1.165) is 10.9 Å². The van der Waals surface area contributed by atoms with Crippen molar-refractivity contribution in [2.45, 2.75) is 6.92 Å². The second kappa shape index (κ2) is 3.62. The van der Waals surface area contributed by atoms with Crippen LogP contribution in [0.15, 0.2) is 30.5 Å². The molecule has 13 heavy (non-hydrogen) atoms. The minimum atomic E-state index is 0. The smallest absolute Gasteiger partial charge is 0.141 e. The minimum absolute atomic E-state index is 0. The fourth-order valence-corrected chi connectivity index (χ4v) is 1.30. The summed E-state index contributed by atoms with van der Waals surface area (Å²) in [6.07, 6.45) is 1.71. The van der Waals surface area contributed by atoms with Gasteiger partial charge in [0.05, 0.1) is 0 Å². The molecule has 0 spiro atoms. The molecule has 0 aliphatic rings. The van der Waals surface area contributed by atoms with Crippen molar-refractivity contribution in [1.82, 2.24) is 4.98 Å². The number of aromatic nitrogens is 1. The first kappa shape index (κ1) is 9.81. The zero-order valence-corrected chi connectivity index (χ0v) is 8.01. The molecule has 0 radical (unpaired) electrons. The van der Waals surface area contributed by atoms with Gasteiger partial charge in [0.15, 0.2) is 0 Å². The van der Waals surface area contributed by atoms with Gasteiger partial charge in [0, 0.05) is 11.6 Å². The van der Waals surface area contributed by atoms with E-state index in [1.165, 1.54) is 0 Å². The molecule has 1 aromatic carbocycles. The van der Waals surface area contributed by atoms with Crippen molar-refractivity contribution in [1.29, 1.82) is 0 Å². The molecule has 0 saturated carbocycles. The van der Waals surface area contributed by atoms with Crippen molar-refractivity contribution in [3.63, 3.8) is 0 Å². The average Bonchev–Trinajstić information content (AvgIpc) is 2.07. The van der Waals surface area contributed by atoms with Crippen LogP contribution in [0.25, 0.3) is 10.9 Å². The Balaban J connectivity index is 0.000000845. The molecule has 1 heterocycles. The number of nitrogens with zero attached hydrogens (tertiary/aromatic N) is 1. The van der Waals surface area contributed by atoms with Crippen molar-refractivity contribution in [2.24, 2.45) is 0 Å². The fraction of sp³-hybridized carbons (Fsp3) is 0.100.